The summed E-state index contributed by atoms with van der Waals surface area (Å²) in [6.45, 7) is 1.39. The van der Waals surface area contributed by atoms with Crippen molar-refractivity contribution in [3.05, 3.63) is 94.8 Å². The van der Waals surface area contributed by atoms with Crippen LogP contribution < -0.4 is 15.2 Å². The monoisotopic (exact) mass is 711 g/mol. The third-order valence-corrected chi connectivity index (χ3v) is 11.5. The van der Waals surface area contributed by atoms with Crippen molar-refractivity contribution in [1.82, 2.24) is 19.1 Å². The van der Waals surface area contributed by atoms with E-state index in [-0.39, 0.29) is 51.2 Å². The zero-order chi connectivity index (χ0) is 35.3. The average molecular weight is 712 g/mol. The number of nitrogens with zero attached hydrogens (tertiary/aromatic N) is 3. The Morgan fingerprint density at radius 1 is 1.02 bits per heavy atom. The number of benzene rings is 3. The van der Waals surface area contributed by atoms with Crippen LogP contribution in [0, 0.1) is 18.6 Å². The highest BCUT2D eigenvalue weighted by atomic mass is 32.2. The number of fused-ring (bicyclic) bond motifs is 1. The molecule has 0 radical (unpaired) electrons. The number of H-pyrrole nitrogens is 1. The fourth-order valence-electron chi connectivity index (χ4n) is 6.44. The second-order valence-corrected chi connectivity index (χ2v) is 14.8. The Morgan fingerprint density at radius 2 is 1.76 bits per heavy atom. The molecule has 0 amide bonds. The summed E-state index contributed by atoms with van der Waals surface area (Å²) in [5, 5.41) is 4.39. The molecule has 1 aliphatic carbocycles. The summed E-state index contributed by atoms with van der Waals surface area (Å²) in [7, 11) is -3.33. The minimum atomic E-state index is -3.33. The Morgan fingerprint density at radius 3 is 2.44 bits per heavy atom. The molecule has 50 heavy (non-hydrogen) atoms. The number of nitrogen functional groups attached to an aromatic ring is 1. The molecule has 10 nitrogen and oxygen atoms in total. The number of aromatic amines is 1. The number of hydrogen-bond donors (Lipinski definition) is 2. The number of para-hydroxylation sites is 1. The first kappa shape index (κ1) is 33.6. The van der Waals surface area contributed by atoms with Gasteiger partial charge in [-0.15, -0.1) is 0 Å². The van der Waals surface area contributed by atoms with Crippen LogP contribution >= 0.6 is 0 Å². The van der Waals surface area contributed by atoms with Gasteiger partial charge in [-0.05, 0) is 86.1 Å². The Bertz CT molecular complexity index is 2180. The molecule has 0 bridgehead atoms. The molecule has 3 heterocycles. The Balaban J connectivity index is 1.15. The standard InChI is InChI=1S/C35H33F4N5O5S/c1-19-12-22(49-30-5-3-2-4-26(30)36)15-27(37)33(19)44-35(40)25(17-41-44)34(45)29-13-21-14-31(48-18-32(38)39)24(16-28(21)42-29)20-8-10-43(11-9-20)50(46,47)23-6-7-23/h2-5,12-17,20,23,32,42H,6-11,18,40H2,1H3. The number of carbonyl (C=O) groups is 1. The van der Waals surface area contributed by atoms with Gasteiger partial charge in [-0.2, -0.15) is 5.10 Å². The zero-order valence-corrected chi connectivity index (χ0v) is 27.7. The van der Waals surface area contributed by atoms with Crippen molar-refractivity contribution >= 4 is 32.5 Å². The number of ketones is 1. The number of nitrogens with one attached hydrogen (secondary N) is 1. The lowest BCUT2D eigenvalue weighted by molar-refractivity contribution is 0.0811. The largest absolute Gasteiger partial charge is 0.487 e. The molecular formula is C35H33F4N5O5S. The van der Waals surface area contributed by atoms with Gasteiger partial charge in [-0.3, -0.25) is 4.79 Å². The molecule has 3 N–H and O–H groups in total. The number of aryl methyl sites for hydroxylation is 1. The number of rotatable bonds is 11. The lowest BCUT2D eigenvalue weighted by Gasteiger charge is -2.32. The molecule has 7 rings (SSSR count). The first-order chi connectivity index (χ1) is 23.9. The van der Waals surface area contributed by atoms with E-state index < -0.39 is 40.5 Å². The van der Waals surface area contributed by atoms with Gasteiger partial charge in [0.2, 0.25) is 15.8 Å². The van der Waals surface area contributed by atoms with Gasteiger partial charge in [-0.25, -0.2) is 35.0 Å². The van der Waals surface area contributed by atoms with Crippen LogP contribution in [0.15, 0.2) is 60.8 Å². The van der Waals surface area contributed by atoms with E-state index in [0.29, 0.717) is 60.8 Å². The van der Waals surface area contributed by atoms with Gasteiger partial charge < -0.3 is 20.2 Å². The second-order valence-electron chi connectivity index (χ2n) is 12.6. The predicted molar refractivity (Wildman–Crippen MR) is 178 cm³/mol. The molecule has 3 aromatic carbocycles. The number of anilines is 1. The Labute approximate surface area is 284 Å². The fourth-order valence-corrected chi connectivity index (χ4v) is 8.31. The number of sulfonamides is 1. The quantitative estimate of drug-likeness (QED) is 0.113. The van der Waals surface area contributed by atoms with Crippen LogP contribution in [0.5, 0.6) is 17.2 Å². The summed E-state index contributed by atoms with van der Waals surface area (Å²) in [6, 6.07) is 13.2. The maximum absolute atomic E-state index is 15.4. The number of hydrogen-bond acceptors (Lipinski definition) is 7. The number of piperidine rings is 1. The van der Waals surface area contributed by atoms with E-state index in [1.165, 1.54) is 34.8 Å². The van der Waals surface area contributed by atoms with E-state index >= 15 is 4.39 Å². The number of alkyl halides is 2. The first-order valence-electron chi connectivity index (χ1n) is 16.1. The van der Waals surface area contributed by atoms with Gasteiger partial charge in [0.25, 0.3) is 6.43 Å². The topological polar surface area (TPSA) is 133 Å². The van der Waals surface area contributed by atoms with E-state index in [4.69, 9.17) is 15.2 Å². The highest BCUT2D eigenvalue weighted by Crippen LogP contribution is 2.40. The zero-order valence-electron chi connectivity index (χ0n) is 26.8. The SMILES string of the molecule is Cc1cc(Oc2ccccc2F)cc(F)c1-n1ncc(C(=O)c2cc3cc(OCC(F)F)c(C4CCN(S(=O)(=O)C5CC5)CC4)cc3[nH]2)c1N. The molecule has 0 spiro atoms. The van der Waals surface area contributed by atoms with Gasteiger partial charge >= 0.3 is 0 Å². The van der Waals surface area contributed by atoms with E-state index in [0.717, 1.165) is 10.7 Å². The molecule has 1 saturated heterocycles. The normalized spacial score (nSPS) is 16.0. The fraction of sp³-hybridized carbons (Fsp3) is 0.314. The van der Waals surface area contributed by atoms with Crippen LogP contribution in [0.25, 0.3) is 16.6 Å². The van der Waals surface area contributed by atoms with Gasteiger partial charge in [0.05, 0.1) is 22.7 Å². The summed E-state index contributed by atoms with van der Waals surface area (Å²) in [4.78, 5) is 16.8. The van der Waals surface area contributed by atoms with Crippen molar-refractivity contribution in [2.45, 2.75) is 50.2 Å². The van der Waals surface area contributed by atoms with E-state index in [1.54, 1.807) is 31.2 Å². The minimum Gasteiger partial charge on any atom is -0.487 e. The number of aromatic nitrogens is 3. The van der Waals surface area contributed by atoms with Crippen LogP contribution in [0.2, 0.25) is 0 Å². The lowest BCUT2D eigenvalue weighted by Crippen LogP contribution is -2.39. The third kappa shape index (κ3) is 6.42. The molecule has 2 aliphatic rings. The Hall–Kier alpha value is -4.89. The average Bonchev–Trinajstić information content (AvgIpc) is 3.77. The number of ether oxygens (including phenoxy) is 2. The van der Waals surface area contributed by atoms with Gasteiger partial charge in [0.1, 0.15) is 29.6 Å². The molecule has 1 aliphatic heterocycles. The van der Waals surface area contributed by atoms with Crippen molar-refractivity contribution in [3.8, 4) is 22.9 Å². The molecule has 262 valence electrons. The van der Waals surface area contributed by atoms with Crippen molar-refractivity contribution in [2.24, 2.45) is 0 Å². The van der Waals surface area contributed by atoms with Crippen molar-refractivity contribution in [2.75, 3.05) is 25.4 Å². The van der Waals surface area contributed by atoms with Crippen LogP contribution in [-0.2, 0) is 10.0 Å². The van der Waals surface area contributed by atoms with E-state index in [2.05, 4.69) is 10.1 Å². The molecule has 0 atom stereocenters. The van der Waals surface area contributed by atoms with E-state index in [1.807, 2.05) is 0 Å². The summed E-state index contributed by atoms with van der Waals surface area (Å²) in [5.41, 5.74) is 7.97. The molecular weight excluding hydrogens is 678 g/mol. The van der Waals surface area contributed by atoms with Gasteiger partial charge in [0, 0.05) is 30.1 Å². The highest BCUT2D eigenvalue weighted by molar-refractivity contribution is 7.90. The molecule has 1 saturated carbocycles. The van der Waals surface area contributed by atoms with Crippen LogP contribution in [-0.4, -0.2) is 64.6 Å². The van der Waals surface area contributed by atoms with Crippen molar-refractivity contribution in [1.29, 1.82) is 0 Å². The van der Waals surface area contributed by atoms with Crippen LogP contribution in [0.1, 0.15) is 58.8 Å². The van der Waals surface area contributed by atoms with Crippen molar-refractivity contribution in [3.63, 3.8) is 0 Å². The third-order valence-electron chi connectivity index (χ3n) is 9.11. The Kier molecular flexibility index (Phi) is 8.80. The summed E-state index contributed by atoms with van der Waals surface area (Å²) in [5.74, 6) is -1.99. The van der Waals surface area contributed by atoms with Gasteiger partial charge in [-0.1, -0.05) is 12.1 Å². The lowest BCUT2D eigenvalue weighted by atomic mass is 9.89. The highest BCUT2D eigenvalue weighted by Gasteiger charge is 2.41. The van der Waals surface area contributed by atoms with Gasteiger partial charge in [0.15, 0.2) is 17.4 Å². The van der Waals surface area contributed by atoms with E-state index in [9.17, 15) is 26.4 Å². The smallest absolute Gasteiger partial charge is 0.272 e. The first-order valence-corrected chi connectivity index (χ1v) is 17.6. The number of halogens is 4. The molecule has 5 aromatic rings. The molecule has 0 unspecified atom stereocenters. The molecule has 15 heteroatoms. The number of carbonyl (C=O) groups excluding carboxylic acids is 1. The summed E-state index contributed by atoms with van der Waals surface area (Å²) in [6.07, 6.45) is 0.812. The molecule has 2 fully saturated rings. The van der Waals surface area contributed by atoms with Crippen LogP contribution in [0.4, 0.5) is 23.4 Å². The number of nitrogens with two attached hydrogens (primary N) is 1. The van der Waals surface area contributed by atoms with Crippen molar-refractivity contribution < 1.29 is 40.2 Å². The van der Waals surface area contributed by atoms with Crippen LogP contribution in [0.3, 0.4) is 0 Å². The maximum Gasteiger partial charge on any atom is 0.272 e. The maximum atomic E-state index is 15.4. The summed E-state index contributed by atoms with van der Waals surface area (Å²) >= 11 is 0. The second kappa shape index (κ2) is 13.1. The summed E-state index contributed by atoms with van der Waals surface area (Å²) < 4.78 is 95.1. The predicted octanol–water partition coefficient (Wildman–Crippen LogP) is 6.86. The minimum absolute atomic E-state index is 0.0133. The molecule has 2 aromatic heterocycles.